The smallest absolute Gasteiger partial charge is 0.151 e. The van der Waals surface area contributed by atoms with E-state index in [9.17, 15) is 0 Å². The summed E-state index contributed by atoms with van der Waals surface area (Å²) in [5.74, 6) is 1.89. The molecular weight excluding hydrogens is 194 g/mol. The van der Waals surface area contributed by atoms with Gasteiger partial charge in [0.15, 0.2) is 5.82 Å². The van der Waals surface area contributed by atoms with Crippen molar-refractivity contribution < 1.29 is 0 Å². The number of rotatable bonds is 3. The normalized spacial score (nSPS) is 10.2. The summed E-state index contributed by atoms with van der Waals surface area (Å²) in [5, 5.41) is 18.3. The zero-order valence-corrected chi connectivity index (χ0v) is 8.25. The average molecular weight is 205 g/mol. The van der Waals surface area contributed by atoms with Crippen LogP contribution in [-0.4, -0.2) is 25.0 Å². The van der Waals surface area contributed by atoms with E-state index >= 15 is 0 Å². The number of anilines is 2. The fourth-order valence-electron chi connectivity index (χ4n) is 1.07. The number of nitrogens with one attached hydrogen (secondary N) is 1. The summed E-state index contributed by atoms with van der Waals surface area (Å²) >= 11 is 0. The molecule has 0 amide bonds. The standard InChI is InChI=1S/C8H11N7/c1-15-5-11-14-8(15)4-10-7-3-2-6(9)12-13-7/h2-3,5H,4H2,1H3,(H2,9,12)(H,10,13). The third-order valence-corrected chi connectivity index (χ3v) is 1.92. The second kappa shape index (κ2) is 3.91. The maximum atomic E-state index is 5.41. The lowest BCUT2D eigenvalue weighted by atomic mass is 10.5. The highest BCUT2D eigenvalue weighted by Crippen LogP contribution is 2.04. The van der Waals surface area contributed by atoms with Gasteiger partial charge in [-0.15, -0.1) is 20.4 Å². The van der Waals surface area contributed by atoms with Crippen LogP contribution in [0, 0.1) is 0 Å². The van der Waals surface area contributed by atoms with Crippen molar-refractivity contribution in [1.29, 1.82) is 0 Å². The zero-order valence-electron chi connectivity index (χ0n) is 8.25. The molecule has 78 valence electrons. The molecule has 2 rings (SSSR count). The van der Waals surface area contributed by atoms with E-state index in [1.165, 1.54) is 0 Å². The molecule has 0 aromatic carbocycles. The van der Waals surface area contributed by atoms with Crippen LogP contribution in [0.25, 0.3) is 0 Å². The summed E-state index contributed by atoms with van der Waals surface area (Å²) in [7, 11) is 1.88. The molecule has 0 fully saturated rings. The molecule has 2 aromatic rings. The van der Waals surface area contributed by atoms with E-state index in [1.54, 1.807) is 18.5 Å². The van der Waals surface area contributed by atoms with Gasteiger partial charge in [-0.2, -0.15) is 0 Å². The number of nitrogen functional groups attached to an aromatic ring is 1. The predicted octanol–water partition coefficient (Wildman–Crippen LogP) is -0.201. The van der Waals surface area contributed by atoms with Gasteiger partial charge in [0.05, 0.1) is 6.54 Å². The van der Waals surface area contributed by atoms with E-state index in [0.717, 1.165) is 5.82 Å². The Kier molecular flexibility index (Phi) is 2.44. The Hall–Kier alpha value is -2.18. The van der Waals surface area contributed by atoms with Crippen molar-refractivity contribution in [3.05, 3.63) is 24.3 Å². The van der Waals surface area contributed by atoms with Crippen LogP contribution in [0.15, 0.2) is 18.5 Å². The Morgan fingerprint density at radius 2 is 2.20 bits per heavy atom. The van der Waals surface area contributed by atoms with Gasteiger partial charge >= 0.3 is 0 Å². The first-order valence-electron chi connectivity index (χ1n) is 4.41. The fraction of sp³-hybridized carbons (Fsp3) is 0.250. The minimum Gasteiger partial charge on any atom is -0.382 e. The molecule has 0 aliphatic rings. The SMILES string of the molecule is Cn1cnnc1CNc1ccc(N)nn1. The molecule has 0 radical (unpaired) electrons. The van der Waals surface area contributed by atoms with Crippen molar-refractivity contribution in [2.45, 2.75) is 6.54 Å². The Balaban J connectivity index is 1.99. The van der Waals surface area contributed by atoms with Gasteiger partial charge in [0.2, 0.25) is 0 Å². The Morgan fingerprint density at radius 3 is 2.80 bits per heavy atom. The van der Waals surface area contributed by atoms with Crippen molar-refractivity contribution in [3.63, 3.8) is 0 Å². The number of nitrogens with zero attached hydrogens (tertiary/aromatic N) is 5. The van der Waals surface area contributed by atoms with Crippen molar-refractivity contribution in [3.8, 4) is 0 Å². The van der Waals surface area contributed by atoms with Gasteiger partial charge < -0.3 is 15.6 Å². The summed E-state index contributed by atoms with van der Waals surface area (Å²) in [6, 6.07) is 3.45. The van der Waals surface area contributed by atoms with Crippen LogP contribution in [-0.2, 0) is 13.6 Å². The molecule has 0 atom stereocenters. The summed E-state index contributed by atoms with van der Waals surface area (Å²) < 4.78 is 1.83. The molecule has 0 saturated heterocycles. The van der Waals surface area contributed by atoms with Gasteiger partial charge in [-0.1, -0.05) is 0 Å². The molecule has 0 aliphatic heterocycles. The fourth-order valence-corrected chi connectivity index (χ4v) is 1.07. The Bertz CT molecular complexity index is 433. The summed E-state index contributed by atoms with van der Waals surface area (Å²) in [6.07, 6.45) is 1.64. The maximum absolute atomic E-state index is 5.41. The third-order valence-electron chi connectivity index (χ3n) is 1.92. The third kappa shape index (κ3) is 2.19. The lowest BCUT2D eigenvalue weighted by Crippen LogP contribution is -2.07. The van der Waals surface area contributed by atoms with Crippen LogP contribution in [0.2, 0.25) is 0 Å². The van der Waals surface area contributed by atoms with Gasteiger partial charge in [0.25, 0.3) is 0 Å². The van der Waals surface area contributed by atoms with Crippen LogP contribution < -0.4 is 11.1 Å². The molecule has 7 nitrogen and oxygen atoms in total. The molecule has 2 heterocycles. The molecule has 15 heavy (non-hydrogen) atoms. The van der Waals surface area contributed by atoms with Crippen LogP contribution >= 0.6 is 0 Å². The monoisotopic (exact) mass is 205 g/mol. The van der Waals surface area contributed by atoms with E-state index < -0.39 is 0 Å². The lowest BCUT2D eigenvalue weighted by molar-refractivity contribution is 0.808. The van der Waals surface area contributed by atoms with Crippen LogP contribution in [0.4, 0.5) is 11.6 Å². The molecule has 7 heteroatoms. The summed E-state index contributed by atoms with van der Waals surface area (Å²) in [6.45, 7) is 0.551. The minimum atomic E-state index is 0.402. The van der Waals surface area contributed by atoms with Crippen molar-refractivity contribution in [2.24, 2.45) is 7.05 Å². The van der Waals surface area contributed by atoms with Gasteiger partial charge in [-0.25, -0.2) is 0 Å². The van der Waals surface area contributed by atoms with Gasteiger partial charge in [-0.05, 0) is 12.1 Å². The van der Waals surface area contributed by atoms with Crippen LogP contribution in [0.3, 0.4) is 0 Å². The molecule has 0 saturated carbocycles. The highest BCUT2D eigenvalue weighted by atomic mass is 15.3. The second-order valence-corrected chi connectivity index (χ2v) is 3.06. The first kappa shape index (κ1) is 9.38. The Labute approximate surface area is 86.3 Å². The van der Waals surface area contributed by atoms with Gasteiger partial charge in [-0.3, -0.25) is 0 Å². The molecule has 0 aliphatic carbocycles. The van der Waals surface area contributed by atoms with E-state index in [2.05, 4.69) is 25.7 Å². The molecule has 2 aromatic heterocycles. The van der Waals surface area contributed by atoms with Crippen molar-refractivity contribution >= 4 is 11.6 Å². The molecule has 0 bridgehead atoms. The predicted molar refractivity (Wildman–Crippen MR) is 54.8 cm³/mol. The minimum absolute atomic E-state index is 0.402. The van der Waals surface area contributed by atoms with E-state index in [4.69, 9.17) is 5.73 Å². The molecule has 0 spiro atoms. The second-order valence-electron chi connectivity index (χ2n) is 3.06. The number of nitrogens with two attached hydrogens (primary N) is 1. The average Bonchev–Trinajstić information content (AvgIpc) is 2.63. The van der Waals surface area contributed by atoms with Crippen molar-refractivity contribution in [1.82, 2.24) is 25.0 Å². The molecular formula is C8H11N7. The topological polar surface area (TPSA) is 94.5 Å². The van der Waals surface area contributed by atoms with Crippen molar-refractivity contribution in [2.75, 3.05) is 11.1 Å². The van der Waals surface area contributed by atoms with E-state index in [-0.39, 0.29) is 0 Å². The number of aromatic nitrogens is 5. The summed E-state index contributed by atoms with van der Waals surface area (Å²) in [5.41, 5.74) is 5.41. The molecule has 0 unspecified atom stereocenters. The van der Waals surface area contributed by atoms with E-state index in [0.29, 0.717) is 18.2 Å². The first-order valence-corrected chi connectivity index (χ1v) is 4.41. The molecule has 3 N–H and O–H groups in total. The highest BCUT2D eigenvalue weighted by Gasteiger charge is 2.00. The maximum Gasteiger partial charge on any atom is 0.151 e. The Morgan fingerprint density at radius 1 is 1.33 bits per heavy atom. The lowest BCUT2D eigenvalue weighted by Gasteiger charge is -2.03. The quantitative estimate of drug-likeness (QED) is 0.720. The van der Waals surface area contributed by atoms with Crippen LogP contribution in [0.5, 0.6) is 0 Å². The highest BCUT2D eigenvalue weighted by molar-refractivity contribution is 5.38. The first-order chi connectivity index (χ1) is 7.25. The largest absolute Gasteiger partial charge is 0.382 e. The van der Waals surface area contributed by atoms with Gasteiger partial charge in [0.1, 0.15) is 18.0 Å². The van der Waals surface area contributed by atoms with Crippen LogP contribution in [0.1, 0.15) is 5.82 Å². The number of aryl methyl sites for hydroxylation is 1. The number of hydrogen-bond donors (Lipinski definition) is 2. The van der Waals surface area contributed by atoms with E-state index in [1.807, 2.05) is 11.6 Å². The number of hydrogen-bond acceptors (Lipinski definition) is 6. The zero-order chi connectivity index (χ0) is 10.7. The van der Waals surface area contributed by atoms with Gasteiger partial charge in [0, 0.05) is 7.05 Å². The summed E-state index contributed by atoms with van der Waals surface area (Å²) in [4.78, 5) is 0.